The number of aryl methyl sites for hydroxylation is 1. The van der Waals surface area contributed by atoms with Gasteiger partial charge >= 0.3 is 6.18 Å². The number of fused-ring (bicyclic) bond motifs is 1. The number of alkyl halides is 3. The van der Waals surface area contributed by atoms with Gasteiger partial charge in [0.15, 0.2) is 0 Å². The molecule has 3 atom stereocenters. The van der Waals surface area contributed by atoms with Crippen LogP contribution in [0.3, 0.4) is 0 Å². The van der Waals surface area contributed by atoms with E-state index in [-0.39, 0.29) is 11.9 Å². The van der Waals surface area contributed by atoms with Crippen LogP contribution in [0.2, 0.25) is 0 Å². The molecule has 1 aliphatic heterocycles. The molecule has 4 rings (SSSR count). The lowest BCUT2D eigenvalue weighted by Gasteiger charge is -2.35. The zero-order valence-corrected chi connectivity index (χ0v) is 15.4. The minimum absolute atomic E-state index is 0.0392. The number of carbonyl (C=O) groups excluding carboxylic acids is 1. The molecule has 148 valence electrons. The molecule has 1 N–H and O–H groups in total. The van der Waals surface area contributed by atoms with Crippen LogP contribution in [0.15, 0.2) is 36.5 Å². The van der Waals surface area contributed by atoms with E-state index >= 15 is 0 Å². The second-order valence-corrected chi connectivity index (χ2v) is 7.58. The highest BCUT2D eigenvalue weighted by Gasteiger charge is 2.47. The zero-order valence-electron chi connectivity index (χ0n) is 15.4. The topological polar surface area (TPSA) is 58.1 Å². The monoisotopic (exact) mass is 390 g/mol. The average molecular weight is 390 g/mol. The number of nitrogens with one attached hydrogen (secondary N) is 1. The number of hydrogen-bond acceptors (Lipinski definition) is 4. The number of hydrogen-bond donors (Lipinski definition) is 1. The molecule has 2 aromatic rings. The van der Waals surface area contributed by atoms with Gasteiger partial charge in [0.25, 0.3) is 5.91 Å². The molecule has 2 aliphatic rings. The van der Waals surface area contributed by atoms with E-state index in [1.54, 1.807) is 6.07 Å². The lowest BCUT2D eigenvalue weighted by atomic mass is 10.0. The largest absolute Gasteiger partial charge is 0.417 e. The van der Waals surface area contributed by atoms with Crippen LogP contribution in [0.25, 0.3) is 0 Å². The maximum Gasteiger partial charge on any atom is 0.417 e. The van der Waals surface area contributed by atoms with Crippen LogP contribution < -0.4 is 5.32 Å². The molecule has 8 heteroatoms. The van der Waals surface area contributed by atoms with Gasteiger partial charge in [0, 0.05) is 31.0 Å². The predicted molar refractivity (Wildman–Crippen MR) is 97.7 cm³/mol. The molecule has 0 radical (unpaired) electrons. The lowest BCUT2D eigenvalue weighted by Crippen LogP contribution is -2.48. The first kappa shape index (κ1) is 18.7. The Labute approximate surface area is 161 Å². The van der Waals surface area contributed by atoms with Gasteiger partial charge in [-0.25, -0.2) is 9.97 Å². The Morgan fingerprint density at radius 1 is 1.21 bits per heavy atom. The first-order chi connectivity index (χ1) is 13.3. The zero-order chi connectivity index (χ0) is 19.9. The van der Waals surface area contributed by atoms with E-state index in [4.69, 9.17) is 0 Å². The smallest absolute Gasteiger partial charge is 0.368 e. The minimum atomic E-state index is -4.40. The standard InChI is InChI=1S/C20H21F3N4O/c1-12-3-2-4-17(26-12)19(28)27-11-14-7-13(14)8-16(27)10-25-18-6-5-15(9-24-18)20(21,22)23/h2-6,9,13-14,16H,7-8,10-11H2,1H3,(H,24,25)/t13-,14+,16+/m1/s1. The Kier molecular flexibility index (Phi) is 4.72. The molecular formula is C20H21F3N4O. The third kappa shape index (κ3) is 3.95. The van der Waals surface area contributed by atoms with Gasteiger partial charge in [0.1, 0.15) is 11.5 Å². The molecule has 5 nitrogen and oxygen atoms in total. The van der Waals surface area contributed by atoms with Crippen molar-refractivity contribution in [2.45, 2.75) is 32.0 Å². The van der Waals surface area contributed by atoms with Gasteiger partial charge in [-0.3, -0.25) is 4.79 Å². The van der Waals surface area contributed by atoms with Gasteiger partial charge in [0.05, 0.1) is 5.56 Å². The molecule has 0 spiro atoms. The SMILES string of the molecule is Cc1cccc(C(=O)N2C[C@@H]3C[C@@H]3C[C@H]2CNc2ccc(C(F)(F)F)cn2)n1. The number of amides is 1. The highest BCUT2D eigenvalue weighted by molar-refractivity contribution is 5.92. The second kappa shape index (κ2) is 7.07. The van der Waals surface area contributed by atoms with Crippen molar-refractivity contribution in [3.63, 3.8) is 0 Å². The van der Waals surface area contributed by atoms with E-state index in [0.717, 1.165) is 30.8 Å². The van der Waals surface area contributed by atoms with E-state index in [1.807, 2.05) is 24.0 Å². The number of likely N-dealkylation sites (tertiary alicyclic amines) is 1. The quantitative estimate of drug-likeness (QED) is 0.864. The van der Waals surface area contributed by atoms with Gasteiger partial charge in [-0.2, -0.15) is 13.2 Å². The molecular weight excluding hydrogens is 369 g/mol. The molecule has 1 amide bonds. The number of aromatic nitrogens is 2. The number of carbonyl (C=O) groups is 1. The Hall–Kier alpha value is -2.64. The van der Waals surface area contributed by atoms with Crippen LogP contribution in [0, 0.1) is 18.8 Å². The molecule has 2 fully saturated rings. The summed E-state index contributed by atoms with van der Waals surface area (Å²) >= 11 is 0. The number of pyridine rings is 2. The second-order valence-electron chi connectivity index (χ2n) is 7.58. The first-order valence-electron chi connectivity index (χ1n) is 9.33. The molecule has 0 unspecified atom stereocenters. The van der Waals surface area contributed by atoms with Gasteiger partial charge in [-0.1, -0.05) is 6.07 Å². The van der Waals surface area contributed by atoms with Crippen molar-refractivity contribution in [2.24, 2.45) is 11.8 Å². The minimum Gasteiger partial charge on any atom is -0.368 e. The number of rotatable bonds is 4. The first-order valence-corrected chi connectivity index (χ1v) is 9.33. The summed E-state index contributed by atoms with van der Waals surface area (Å²) in [6.07, 6.45) is -1.57. The van der Waals surface area contributed by atoms with Crippen molar-refractivity contribution in [1.29, 1.82) is 0 Å². The summed E-state index contributed by atoms with van der Waals surface area (Å²) in [5.74, 6) is 1.45. The average Bonchev–Trinajstić information content (AvgIpc) is 3.43. The fourth-order valence-corrected chi connectivity index (χ4v) is 3.84. The van der Waals surface area contributed by atoms with Crippen molar-refractivity contribution in [1.82, 2.24) is 14.9 Å². The molecule has 1 aliphatic carbocycles. The lowest BCUT2D eigenvalue weighted by molar-refractivity contribution is -0.137. The summed E-state index contributed by atoms with van der Waals surface area (Å²) in [6.45, 7) is 2.99. The van der Waals surface area contributed by atoms with Gasteiger partial charge in [-0.05, 0) is 55.9 Å². The van der Waals surface area contributed by atoms with Crippen molar-refractivity contribution >= 4 is 11.7 Å². The van der Waals surface area contributed by atoms with Crippen molar-refractivity contribution in [3.8, 4) is 0 Å². The van der Waals surface area contributed by atoms with Crippen LogP contribution >= 0.6 is 0 Å². The summed E-state index contributed by atoms with van der Waals surface area (Å²) in [4.78, 5) is 23.0. The summed E-state index contributed by atoms with van der Waals surface area (Å²) < 4.78 is 38.0. The van der Waals surface area contributed by atoms with Crippen molar-refractivity contribution in [3.05, 3.63) is 53.5 Å². The summed E-state index contributed by atoms with van der Waals surface area (Å²) in [5, 5.41) is 3.09. The van der Waals surface area contributed by atoms with Crippen LogP contribution in [-0.2, 0) is 6.18 Å². The number of piperidine rings is 1. The highest BCUT2D eigenvalue weighted by atomic mass is 19.4. The molecule has 28 heavy (non-hydrogen) atoms. The van der Waals surface area contributed by atoms with E-state index in [2.05, 4.69) is 15.3 Å². The third-order valence-electron chi connectivity index (χ3n) is 5.49. The fraction of sp³-hybridized carbons (Fsp3) is 0.450. The van der Waals surface area contributed by atoms with Crippen LogP contribution in [0.5, 0.6) is 0 Å². The molecule has 2 aromatic heterocycles. The van der Waals surface area contributed by atoms with Gasteiger partial charge < -0.3 is 10.2 Å². The van der Waals surface area contributed by atoms with Crippen molar-refractivity contribution < 1.29 is 18.0 Å². The van der Waals surface area contributed by atoms with Crippen LogP contribution in [-0.4, -0.2) is 39.9 Å². The van der Waals surface area contributed by atoms with Gasteiger partial charge in [-0.15, -0.1) is 0 Å². The molecule has 3 heterocycles. The molecule has 0 aromatic carbocycles. The highest BCUT2D eigenvalue weighted by Crippen LogP contribution is 2.47. The van der Waals surface area contributed by atoms with Crippen molar-refractivity contribution in [2.75, 3.05) is 18.4 Å². The number of nitrogens with zero attached hydrogens (tertiary/aromatic N) is 3. The van der Waals surface area contributed by atoms with E-state index < -0.39 is 11.7 Å². The third-order valence-corrected chi connectivity index (χ3v) is 5.49. The van der Waals surface area contributed by atoms with Crippen LogP contribution in [0.1, 0.15) is 34.6 Å². The fourth-order valence-electron chi connectivity index (χ4n) is 3.84. The normalized spacial score (nSPS) is 23.9. The maximum atomic E-state index is 13.0. The Morgan fingerprint density at radius 3 is 2.71 bits per heavy atom. The summed E-state index contributed by atoms with van der Waals surface area (Å²) in [5.41, 5.74) is 0.436. The molecule has 1 saturated carbocycles. The Morgan fingerprint density at radius 2 is 2.04 bits per heavy atom. The molecule has 0 bridgehead atoms. The van der Waals surface area contributed by atoms with Crippen LogP contribution in [0.4, 0.5) is 19.0 Å². The van der Waals surface area contributed by atoms with E-state index in [9.17, 15) is 18.0 Å². The predicted octanol–water partition coefficient (Wildman–Crippen LogP) is 3.77. The van der Waals surface area contributed by atoms with E-state index in [1.165, 1.54) is 6.07 Å². The molecule has 1 saturated heterocycles. The number of halogens is 3. The van der Waals surface area contributed by atoms with Gasteiger partial charge in [0.2, 0.25) is 0 Å². The van der Waals surface area contributed by atoms with E-state index in [0.29, 0.717) is 36.4 Å². The Bertz CT molecular complexity index is 868. The summed E-state index contributed by atoms with van der Waals surface area (Å²) in [7, 11) is 0. The number of anilines is 1. The summed E-state index contributed by atoms with van der Waals surface area (Å²) in [6, 6.07) is 7.67. The maximum absolute atomic E-state index is 13.0. The Balaban J connectivity index is 1.45.